The summed E-state index contributed by atoms with van der Waals surface area (Å²) in [5.74, 6) is -1.08. The standard InChI is InChI=1S/C49H95O13P/c1-3-5-7-9-11-13-15-17-19-21-22-24-26-28-30-32-34-36-38-43(51)61-41(40-60-63(57,58)62-49-47(55)45(53)44(52)46(54)48(49)56)39-59-42(50)37-35-33-31-29-27-25-23-20-18-16-14-12-10-8-6-4-2/h41,44-49,52-56H,3-40H2,1-2H3,(H,57,58). The molecule has 1 aliphatic carbocycles. The molecule has 1 fully saturated rings. The number of esters is 2. The molecule has 0 aromatic heterocycles. The van der Waals surface area contributed by atoms with E-state index in [1.807, 2.05) is 0 Å². The minimum absolute atomic E-state index is 0.105. The van der Waals surface area contributed by atoms with Crippen LogP contribution in [0.25, 0.3) is 0 Å². The van der Waals surface area contributed by atoms with E-state index >= 15 is 0 Å². The van der Waals surface area contributed by atoms with Gasteiger partial charge in [0, 0.05) is 12.8 Å². The van der Waals surface area contributed by atoms with Crippen LogP contribution in [0.3, 0.4) is 0 Å². The van der Waals surface area contributed by atoms with Crippen LogP contribution in [0.2, 0.25) is 0 Å². The van der Waals surface area contributed by atoms with Gasteiger partial charge in [0.2, 0.25) is 0 Å². The van der Waals surface area contributed by atoms with E-state index in [2.05, 4.69) is 13.8 Å². The van der Waals surface area contributed by atoms with Crippen molar-refractivity contribution in [3.8, 4) is 0 Å². The van der Waals surface area contributed by atoms with Crippen molar-refractivity contribution >= 4 is 19.8 Å². The van der Waals surface area contributed by atoms with Crippen LogP contribution in [0, 0.1) is 0 Å². The summed E-state index contributed by atoms with van der Waals surface area (Å²) in [7, 11) is -5.11. The largest absolute Gasteiger partial charge is 0.472 e. The van der Waals surface area contributed by atoms with Gasteiger partial charge in [-0.3, -0.25) is 18.6 Å². The highest BCUT2D eigenvalue weighted by Gasteiger charge is 2.51. The molecule has 13 nitrogen and oxygen atoms in total. The monoisotopic (exact) mass is 923 g/mol. The third-order valence-corrected chi connectivity index (χ3v) is 13.4. The summed E-state index contributed by atoms with van der Waals surface area (Å²) in [5, 5.41) is 50.2. The fraction of sp³-hybridized carbons (Fsp3) is 0.959. The zero-order valence-corrected chi connectivity index (χ0v) is 40.8. The van der Waals surface area contributed by atoms with Crippen LogP contribution in [0.5, 0.6) is 0 Å². The van der Waals surface area contributed by atoms with Crippen LogP contribution < -0.4 is 0 Å². The molecule has 0 aromatic carbocycles. The third kappa shape index (κ3) is 32.2. The van der Waals surface area contributed by atoms with E-state index in [-0.39, 0.29) is 12.8 Å². The molecule has 0 aromatic rings. The number of rotatable bonds is 44. The maximum absolute atomic E-state index is 12.8. The highest BCUT2D eigenvalue weighted by Crippen LogP contribution is 2.47. The van der Waals surface area contributed by atoms with Crippen molar-refractivity contribution in [1.29, 1.82) is 0 Å². The van der Waals surface area contributed by atoms with Crippen LogP contribution in [-0.4, -0.2) is 98.3 Å². The van der Waals surface area contributed by atoms with Gasteiger partial charge in [-0.15, -0.1) is 0 Å². The average molecular weight is 923 g/mol. The van der Waals surface area contributed by atoms with Gasteiger partial charge in [0.15, 0.2) is 6.10 Å². The van der Waals surface area contributed by atoms with Gasteiger partial charge in [0.05, 0.1) is 6.61 Å². The van der Waals surface area contributed by atoms with Crippen molar-refractivity contribution in [3.05, 3.63) is 0 Å². The van der Waals surface area contributed by atoms with Crippen LogP contribution >= 0.6 is 7.82 Å². The molecule has 0 aliphatic heterocycles. The number of hydrogen-bond acceptors (Lipinski definition) is 12. The molecule has 1 rings (SSSR count). The Morgan fingerprint density at radius 2 is 0.714 bits per heavy atom. The molecule has 14 heteroatoms. The summed E-state index contributed by atoms with van der Waals surface area (Å²) in [6.07, 6.45) is 28.6. The Morgan fingerprint density at radius 3 is 1.05 bits per heavy atom. The summed E-state index contributed by atoms with van der Waals surface area (Å²) < 4.78 is 33.6. The molecular weight excluding hydrogens is 828 g/mol. The average Bonchev–Trinajstić information content (AvgIpc) is 3.26. The smallest absolute Gasteiger partial charge is 0.462 e. The maximum Gasteiger partial charge on any atom is 0.472 e. The number of phosphoric ester groups is 1. The van der Waals surface area contributed by atoms with Crippen LogP contribution in [-0.2, 0) is 32.7 Å². The number of phosphoric acid groups is 1. The van der Waals surface area contributed by atoms with Crippen LogP contribution in [0.15, 0.2) is 0 Å². The lowest BCUT2D eigenvalue weighted by molar-refractivity contribution is -0.220. The molecule has 0 spiro atoms. The maximum atomic E-state index is 12.8. The molecule has 63 heavy (non-hydrogen) atoms. The van der Waals surface area contributed by atoms with E-state index in [9.17, 15) is 44.6 Å². The molecule has 1 aliphatic rings. The molecule has 0 saturated heterocycles. The summed E-state index contributed by atoms with van der Waals surface area (Å²) in [6, 6.07) is 0. The Morgan fingerprint density at radius 1 is 0.429 bits per heavy atom. The fourth-order valence-electron chi connectivity index (χ4n) is 8.29. The molecule has 6 atom stereocenters. The van der Waals surface area contributed by atoms with Gasteiger partial charge in [-0.25, -0.2) is 4.57 Å². The second-order valence-corrected chi connectivity index (χ2v) is 19.8. The van der Waals surface area contributed by atoms with E-state index in [1.54, 1.807) is 0 Å². The van der Waals surface area contributed by atoms with Gasteiger partial charge >= 0.3 is 19.8 Å². The Kier molecular flexibility index (Phi) is 38.0. The Labute approximate surface area is 382 Å². The lowest BCUT2D eigenvalue weighted by Gasteiger charge is -2.41. The van der Waals surface area contributed by atoms with Gasteiger partial charge in [0.25, 0.3) is 0 Å². The zero-order valence-electron chi connectivity index (χ0n) is 39.9. The molecular formula is C49H95O13P. The summed E-state index contributed by atoms with van der Waals surface area (Å²) in [4.78, 5) is 35.8. The van der Waals surface area contributed by atoms with Gasteiger partial charge in [0.1, 0.15) is 43.2 Å². The normalized spacial score (nSPS) is 21.6. The number of unbranched alkanes of at least 4 members (excludes halogenated alkanes) is 32. The van der Waals surface area contributed by atoms with Crippen molar-refractivity contribution in [3.63, 3.8) is 0 Å². The van der Waals surface area contributed by atoms with Crippen molar-refractivity contribution in [2.45, 2.75) is 288 Å². The highest BCUT2D eigenvalue weighted by atomic mass is 31.2. The first-order chi connectivity index (χ1) is 30.4. The molecule has 374 valence electrons. The number of ether oxygens (including phenoxy) is 2. The fourth-order valence-corrected chi connectivity index (χ4v) is 9.26. The second-order valence-electron chi connectivity index (χ2n) is 18.4. The van der Waals surface area contributed by atoms with Crippen molar-refractivity contribution in [2.75, 3.05) is 13.2 Å². The molecule has 1 saturated carbocycles. The third-order valence-electron chi connectivity index (χ3n) is 12.4. The van der Waals surface area contributed by atoms with Gasteiger partial charge in [-0.05, 0) is 12.8 Å². The Hall–Kier alpha value is -1.15. The second kappa shape index (κ2) is 40.0. The number of carbonyl (C=O) groups is 2. The van der Waals surface area contributed by atoms with E-state index < -0.39 is 75.7 Å². The lowest BCUT2D eigenvalue weighted by Crippen LogP contribution is -2.64. The van der Waals surface area contributed by atoms with E-state index in [0.717, 1.165) is 38.5 Å². The molecule has 6 unspecified atom stereocenters. The number of aliphatic hydroxyl groups is 5. The van der Waals surface area contributed by atoms with Crippen molar-refractivity contribution in [1.82, 2.24) is 0 Å². The Bertz CT molecular complexity index is 1110. The first kappa shape index (κ1) is 59.9. The Balaban J connectivity index is 2.38. The minimum Gasteiger partial charge on any atom is -0.462 e. The van der Waals surface area contributed by atoms with Gasteiger partial charge in [-0.1, -0.05) is 219 Å². The van der Waals surface area contributed by atoms with Crippen LogP contribution in [0.1, 0.15) is 245 Å². The predicted octanol–water partition coefficient (Wildman–Crippen LogP) is 10.8. The quantitative estimate of drug-likeness (QED) is 0.0191. The van der Waals surface area contributed by atoms with E-state index in [0.29, 0.717) is 12.8 Å². The van der Waals surface area contributed by atoms with Crippen molar-refractivity contribution < 1.29 is 63.1 Å². The first-order valence-corrected chi connectivity index (χ1v) is 27.3. The topological polar surface area (TPSA) is 210 Å². The lowest BCUT2D eigenvalue weighted by atomic mass is 9.85. The minimum atomic E-state index is -5.11. The van der Waals surface area contributed by atoms with Crippen LogP contribution in [0.4, 0.5) is 0 Å². The zero-order chi connectivity index (χ0) is 46.4. The van der Waals surface area contributed by atoms with Gasteiger partial charge < -0.3 is 39.9 Å². The summed E-state index contributed by atoms with van der Waals surface area (Å²) in [5.41, 5.74) is 0. The first-order valence-electron chi connectivity index (χ1n) is 25.8. The number of hydrogen-bond donors (Lipinski definition) is 6. The highest BCUT2D eigenvalue weighted by molar-refractivity contribution is 7.47. The van der Waals surface area contributed by atoms with E-state index in [1.165, 1.54) is 167 Å². The van der Waals surface area contributed by atoms with E-state index in [4.69, 9.17) is 18.5 Å². The molecule has 0 heterocycles. The molecule has 0 amide bonds. The molecule has 6 N–H and O–H groups in total. The number of aliphatic hydroxyl groups excluding tert-OH is 5. The molecule has 0 bridgehead atoms. The van der Waals surface area contributed by atoms with Gasteiger partial charge in [-0.2, -0.15) is 0 Å². The predicted molar refractivity (Wildman–Crippen MR) is 249 cm³/mol. The SMILES string of the molecule is CCCCCCCCCCCCCCCCCCCCC(=O)OC(COC(=O)CCCCCCCCCCCCCCCCCC)COP(=O)(O)OC1C(O)C(O)C(O)C(O)C1O. The number of carbonyl (C=O) groups excluding carboxylic acids is 2. The summed E-state index contributed by atoms with van der Waals surface area (Å²) in [6.45, 7) is 3.35. The summed E-state index contributed by atoms with van der Waals surface area (Å²) >= 11 is 0. The molecule has 0 radical (unpaired) electrons. The van der Waals surface area contributed by atoms with Crippen molar-refractivity contribution in [2.24, 2.45) is 0 Å².